The summed E-state index contributed by atoms with van der Waals surface area (Å²) in [6, 6.07) is 14.2. The normalized spacial score (nSPS) is 16.8. The Labute approximate surface area is 172 Å². The maximum Gasteiger partial charge on any atom is 0.262 e. The number of halogens is 1. The number of aromatic nitrogens is 1. The van der Waals surface area contributed by atoms with Crippen LogP contribution in [-0.4, -0.2) is 32.2 Å². The molecule has 1 aliphatic heterocycles. The zero-order valence-corrected chi connectivity index (χ0v) is 16.7. The van der Waals surface area contributed by atoms with Gasteiger partial charge >= 0.3 is 0 Å². The van der Waals surface area contributed by atoms with Crippen LogP contribution in [0.4, 0.5) is 5.69 Å². The molecule has 0 spiro atoms. The van der Waals surface area contributed by atoms with Crippen LogP contribution in [0.1, 0.15) is 16.8 Å². The van der Waals surface area contributed by atoms with E-state index in [2.05, 4.69) is 36.1 Å². The average molecular weight is 457 g/mol. The molecule has 0 radical (unpaired) electrons. The minimum absolute atomic E-state index is 0.0337. The van der Waals surface area contributed by atoms with Crippen LogP contribution in [0.3, 0.4) is 0 Å². The van der Waals surface area contributed by atoms with Crippen molar-refractivity contribution in [2.75, 3.05) is 0 Å². The lowest BCUT2D eigenvalue weighted by Crippen LogP contribution is -2.16. The second-order valence-corrected chi connectivity index (χ2v) is 8.13. The molecule has 1 aliphatic rings. The first kappa shape index (κ1) is 18.6. The van der Waals surface area contributed by atoms with Gasteiger partial charge in [0.2, 0.25) is 11.0 Å². The second kappa shape index (κ2) is 7.69. The molecule has 140 valence electrons. The number of aromatic amines is 1. The quantitative estimate of drug-likeness (QED) is 0.425. The molecule has 3 aromatic rings. The van der Waals surface area contributed by atoms with E-state index >= 15 is 0 Å². The lowest BCUT2D eigenvalue weighted by atomic mass is 10.1. The fraction of sp³-hybridized carbons (Fsp3) is 0.105. The van der Waals surface area contributed by atoms with Crippen LogP contribution in [0.5, 0.6) is 5.88 Å². The van der Waals surface area contributed by atoms with E-state index < -0.39 is 11.2 Å². The Morgan fingerprint density at radius 1 is 1.18 bits per heavy atom. The third kappa shape index (κ3) is 3.76. The molecular weight excluding hydrogens is 444 g/mol. The van der Waals surface area contributed by atoms with Crippen LogP contribution >= 0.6 is 27.7 Å². The number of fused-ring (bicyclic) bond motifs is 1. The summed E-state index contributed by atoms with van der Waals surface area (Å²) < 4.78 is 0.877. The molecule has 7 nitrogen and oxygen atoms in total. The van der Waals surface area contributed by atoms with Crippen molar-refractivity contribution >= 4 is 61.1 Å². The number of nitrogens with one attached hydrogen (secondary N) is 1. The molecular formula is C19H13BrN4O3S. The van der Waals surface area contributed by atoms with E-state index in [1.165, 1.54) is 0 Å². The fourth-order valence-corrected chi connectivity index (χ4v) is 3.91. The summed E-state index contributed by atoms with van der Waals surface area (Å²) in [5, 5.41) is 18.3. The Kier molecular flexibility index (Phi) is 5.10. The van der Waals surface area contributed by atoms with Crippen molar-refractivity contribution in [1.82, 2.24) is 4.98 Å². The third-order valence-corrected chi connectivity index (χ3v) is 5.73. The molecule has 1 unspecified atom stereocenters. The predicted molar refractivity (Wildman–Crippen MR) is 111 cm³/mol. The minimum Gasteiger partial charge on any atom is -0.493 e. The van der Waals surface area contributed by atoms with Crippen LogP contribution in [0.25, 0.3) is 10.9 Å². The Hall–Kier alpha value is -2.78. The lowest BCUT2D eigenvalue weighted by Gasteiger charge is -2.05. The fourth-order valence-electron chi connectivity index (χ4n) is 2.77. The van der Waals surface area contributed by atoms with Crippen molar-refractivity contribution in [3.63, 3.8) is 0 Å². The predicted octanol–water partition coefficient (Wildman–Crippen LogP) is 4.99. The zero-order valence-electron chi connectivity index (χ0n) is 14.3. The highest BCUT2D eigenvalue weighted by molar-refractivity contribution is 9.10. The number of amidine groups is 1. The van der Waals surface area contributed by atoms with E-state index in [1.54, 1.807) is 30.3 Å². The first-order valence-corrected chi connectivity index (χ1v) is 9.98. The first-order chi connectivity index (χ1) is 13.5. The number of Topliss-reactive ketones (excluding diaryl/α,β-unsaturated/α-hetero) is 1. The van der Waals surface area contributed by atoms with Crippen molar-refractivity contribution in [3.8, 4) is 5.88 Å². The summed E-state index contributed by atoms with van der Waals surface area (Å²) in [5.41, 5.74) is 1.54. The lowest BCUT2D eigenvalue weighted by molar-refractivity contribution is -0.117. The van der Waals surface area contributed by atoms with Gasteiger partial charge in [-0.25, -0.2) is 0 Å². The van der Waals surface area contributed by atoms with Crippen LogP contribution in [0.15, 0.2) is 68.2 Å². The number of carbonyl (C=O) groups excluding carboxylic acids is 2. The first-order valence-electron chi connectivity index (χ1n) is 8.30. The highest BCUT2D eigenvalue weighted by Gasteiger charge is 2.31. The Morgan fingerprint density at radius 2 is 1.93 bits per heavy atom. The van der Waals surface area contributed by atoms with Crippen molar-refractivity contribution in [2.24, 2.45) is 15.2 Å². The van der Waals surface area contributed by atoms with Gasteiger partial charge in [-0.15, -0.1) is 10.2 Å². The second-order valence-electron chi connectivity index (χ2n) is 6.04. The molecule has 28 heavy (non-hydrogen) atoms. The van der Waals surface area contributed by atoms with Gasteiger partial charge in [0.05, 0.1) is 5.52 Å². The standard InChI is InChI=1S/C19H13BrN4O3S/c20-11-7-5-10(6-8-11)14(25)9-15-17(26)22-19(28-15)24-23-16-12-3-1-2-4-13(12)21-18(16)27/h1-8,15,21,27H,9H2. The molecule has 2 N–H and O–H groups in total. The number of amides is 1. The number of aliphatic imine (C=N–C) groups is 1. The van der Waals surface area contributed by atoms with Crippen LogP contribution < -0.4 is 0 Å². The maximum atomic E-state index is 12.4. The number of aromatic hydroxyl groups is 1. The number of azo groups is 1. The molecule has 1 amide bonds. The minimum atomic E-state index is -0.623. The number of para-hydroxylation sites is 1. The number of thioether (sulfide) groups is 1. The highest BCUT2D eigenvalue weighted by atomic mass is 79.9. The molecule has 0 aliphatic carbocycles. The number of nitrogens with zero attached hydrogens (tertiary/aromatic N) is 3. The average Bonchev–Trinajstić information content (AvgIpc) is 3.19. The van der Waals surface area contributed by atoms with Gasteiger partial charge in [-0.05, 0) is 18.2 Å². The van der Waals surface area contributed by atoms with E-state index in [1.807, 2.05) is 18.2 Å². The number of rotatable bonds is 4. The molecule has 1 atom stereocenters. The molecule has 1 aromatic heterocycles. The smallest absolute Gasteiger partial charge is 0.262 e. The summed E-state index contributed by atoms with van der Waals surface area (Å²) >= 11 is 4.42. The van der Waals surface area contributed by atoms with Crippen molar-refractivity contribution in [3.05, 3.63) is 58.6 Å². The van der Waals surface area contributed by atoms with Gasteiger partial charge in [0.1, 0.15) is 5.25 Å². The molecule has 0 fully saturated rings. The molecule has 2 heterocycles. The van der Waals surface area contributed by atoms with Gasteiger partial charge in [-0.3, -0.25) is 9.59 Å². The number of benzene rings is 2. The molecule has 0 saturated heterocycles. The SMILES string of the molecule is O=C(CC1SC(N=Nc2c(O)[nH]c3ccccc23)=NC1=O)c1ccc(Br)cc1. The van der Waals surface area contributed by atoms with E-state index in [-0.39, 0.29) is 28.9 Å². The Morgan fingerprint density at radius 3 is 2.71 bits per heavy atom. The zero-order chi connectivity index (χ0) is 19.7. The van der Waals surface area contributed by atoms with Crippen LogP contribution in [0.2, 0.25) is 0 Å². The summed E-state index contributed by atoms with van der Waals surface area (Å²) in [4.78, 5) is 31.2. The van der Waals surface area contributed by atoms with E-state index in [0.717, 1.165) is 21.8 Å². The monoisotopic (exact) mass is 456 g/mol. The molecule has 0 bridgehead atoms. The number of ketones is 1. The maximum absolute atomic E-state index is 12.4. The topological polar surface area (TPSA) is 107 Å². The van der Waals surface area contributed by atoms with Crippen molar-refractivity contribution in [2.45, 2.75) is 11.7 Å². The number of hydrogen-bond donors (Lipinski definition) is 2. The summed E-state index contributed by atoms with van der Waals surface area (Å²) in [6.45, 7) is 0. The number of carbonyl (C=O) groups is 2. The van der Waals surface area contributed by atoms with Gasteiger partial charge < -0.3 is 10.1 Å². The van der Waals surface area contributed by atoms with Gasteiger partial charge in [0.15, 0.2) is 11.5 Å². The molecule has 9 heteroatoms. The summed E-state index contributed by atoms with van der Waals surface area (Å²) in [5.74, 6) is -0.657. The Bertz CT molecular complexity index is 1140. The van der Waals surface area contributed by atoms with Crippen LogP contribution in [0, 0.1) is 0 Å². The number of H-pyrrole nitrogens is 1. The van der Waals surface area contributed by atoms with E-state index in [0.29, 0.717) is 10.9 Å². The van der Waals surface area contributed by atoms with Gasteiger partial charge in [0.25, 0.3) is 5.91 Å². The van der Waals surface area contributed by atoms with Gasteiger partial charge in [-0.2, -0.15) is 4.99 Å². The molecule has 2 aromatic carbocycles. The van der Waals surface area contributed by atoms with Crippen molar-refractivity contribution in [1.29, 1.82) is 0 Å². The number of hydrogen-bond acceptors (Lipinski definition) is 6. The Balaban J connectivity index is 1.46. The highest BCUT2D eigenvalue weighted by Crippen LogP contribution is 2.36. The molecule has 4 rings (SSSR count). The molecule has 0 saturated carbocycles. The summed E-state index contributed by atoms with van der Waals surface area (Å²) in [7, 11) is 0. The van der Waals surface area contributed by atoms with Gasteiger partial charge in [0, 0.05) is 21.8 Å². The van der Waals surface area contributed by atoms with Crippen LogP contribution in [-0.2, 0) is 4.79 Å². The third-order valence-electron chi connectivity index (χ3n) is 4.16. The van der Waals surface area contributed by atoms with E-state index in [9.17, 15) is 14.7 Å². The van der Waals surface area contributed by atoms with Crippen molar-refractivity contribution < 1.29 is 14.7 Å². The summed E-state index contributed by atoms with van der Waals surface area (Å²) in [6.07, 6.45) is 0.0337. The van der Waals surface area contributed by atoms with Gasteiger partial charge in [-0.1, -0.05) is 58.0 Å². The van der Waals surface area contributed by atoms with E-state index in [4.69, 9.17) is 0 Å². The largest absolute Gasteiger partial charge is 0.493 e.